The van der Waals surface area contributed by atoms with E-state index >= 15 is 0 Å². The first kappa shape index (κ1) is 8.56. The van der Waals surface area contributed by atoms with E-state index in [1.165, 1.54) is 0 Å². The molecule has 0 saturated carbocycles. The minimum Gasteiger partial charge on any atom is -0.330 e. The van der Waals surface area contributed by atoms with Crippen LogP contribution in [0.25, 0.3) is 0 Å². The van der Waals surface area contributed by atoms with Gasteiger partial charge >= 0.3 is 0 Å². The van der Waals surface area contributed by atoms with Crippen molar-refractivity contribution >= 4 is 0 Å². The highest BCUT2D eigenvalue weighted by Crippen LogP contribution is 2.06. The molecule has 0 heterocycles. The van der Waals surface area contributed by atoms with Crippen LogP contribution in [0.15, 0.2) is 5.18 Å². The van der Waals surface area contributed by atoms with Gasteiger partial charge in [0.15, 0.2) is 0 Å². The van der Waals surface area contributed by atoms with Crippen LogP contribution in [0, 0.1) is 10.8 Å². The van der Waals surface area contributed by atoms with E-state index in [0.29, 0.717) is 19.0 Å². The number of rotatable bonds is 5. The van der Waals surface area contributed by atoms with E-state index < -0.39 is 0 Å². The molecular weight excluding hydrogens is 116 g/mol. The highest BCUT2D eigenvalue weighted by molar-refractivity contribution is 4.59. The van der Waals surface area contributed by atoms with Crippen molar-refractivity contribution in [1.82, 2.24) is 0 Å². The van der Waals surface area contributed by atoms with E-state index in [1.807, 2.05) is 6.92 Å². The number of hydrogen-bond donors (Lipinski definition) is 1. The lowest BCUT2D eigenvalue weighted by Crippen LogP contribution is -2.10. The van der Waals surface area contributed by atoms with E-state index in [0.717, 1.165) is 12.8 Å². The average molecular weight is 130 g/mol. The topological polar surface area (TPSA) is 55.4 Å². The molecule has 0 aromatic heterocycles. The number of nitrogens with zero attached hydrogens (tertiary/aromatic N) is 1. The fraction of sp³-hybridized carbons (Fsp3) is 1.00. The molecule has 0 bridgehead atoms. The van der Waals surface area contributed by atoms with Crippen molar-refractivity contribution in [1.29, 1.82) is 0 Å². The SMILES string of the molecule is CCC(CCN)CN=O. The standard InChI is InChI=1S/C6H14N2O/c1-2-6(3-4-7)5-8-9/h6H,2-5,7H2,1H3. The molecule has 0 spiro atoms. The lowest BCUT2D eigenvalue weighted by Gasteiger charge is -2.06. The summed E-state index contributed by atoms with van der Waals surface area (Å²) in [5.74, 6) is 0.410. The summed E-state index contributed by atoms with van der Waals surface area (Å²) in [7, 11) is 0. The summed E-state index contributed by atoms with van der Waals surface area (Å²) in [4.78, 5) is 9.76. The fourth-order valence-corrected chi connectivity index (χ4v) is 0.766. The van der Waals surface area contributed by atoms with Crippen LogP contribution in [-0.4, -0.2) is 13.1 Å². The van der Waals surface area contributed by atoms with Gasteiger partial charge in [0.2, 0.25) is 0 Å². The van der Waals surface area contributed by atoms with Crippen LogP contribution in [0.1, 0.15) is 19.8 Å². The van der Waals surface area contributed by atoms with Crippen molar-refractivity contribution < 1.29 is 0 Å². The summed E-state index contributed by atoms with van der Waals surface area (Å²) >= 11 is 0. The minimum atomic E-state index is 0.410. The third kappa shape index (κ3) is 4.09. The molecular formula is C6H14N2O. The van der Waals surface area contributed by atoms with Gasteiger partial charge in [-0.15, -0.1) is 0 Å². The van der Waals surface area contributed by atoms with Gasteiger partial charge in [-0.1, -0.05) is 18.5 Å². The predicted molar refractivity (Wildman–Crippen MR) is 38.1 cm³/mol. The van der Waals surface area contributed by atoms with Gasteiger partial charge in [0.1, 0.15) is 0 Å². The van der Waals surface area contributed by atoms with Gasteiger partial charge in [-0.05, 0) is 18.9 Å². The van der Waals surface area contributed by atoms with Crippen LogP contribution in [0.4, 0.5) is 0 Å². The maximum Gasteiger partial charge on any atom is 0.0839 e. The maximum absolute atomic E-state index is 9.76. The first-order valence-electron chi connectivity index (χ1n) is 3.34. The van der Waals surface area contributed by atoms with Crippen LogP contribution in [-0.2, 0) is 0 Å². The third-order valence-corrected chi connectivity index (χ3v) is 1.48. The van der Waals surface area contributed by atoms with Crippen LogP contribution < -0.4 is 5.73 Å². The van der Waals surface area contributed by atoms with Crippen molar-refractivity contribution in [3.8, 4) is 0 Å². The van der Waals surface area contributed by atoms with Gasteiger partial charge in [-0.2, -0.15) is 4.91 Å². The molecule has 0 aromatic carbocycles. The normalized spacial score (nSPS) is 13.1. The Labute approximate surface area is 55.6 Å². The fourth-order valence-electron chi connectivity index (χ4n) is 0.766. The Morgan fingerprint density at radius 2 is 2.33 bits per heavy atom. The molecule has 0 aromatic rings. The van der Waals surface area contributed by atoms with Crippen molar-refractivity contribution in [2.24, 2.45) is 16.8 Å². The second kappa shape index (κ2) is 5.69. The summed E-state index contributed by atoms with van der Waals surface area (Å²) in [6, 6.07) is 0. The predicted octanol–water partition coefficient (Wildman–Crippen LogP) is 1.13. The molecule has 0 rings (SSSR count). The molecule has 0 saturated heterocycles. The first-order chi connectivity index (χ1) is 4.35. The quantitative estimate of drug-likeness (QED) is 0.567. The Morgan fingerprint density at radius 1 is 1.67 bits per heavy atom. The summed E-state index contributed by atoms with van der Waals surface area (Å²) in [6.07, 6.45) is 1.92. The van der Waals surface area contributed by atoms with Crippen LogP contribution in [0.5, 0.6) is 0 Å². The first-order valence-corrected chi connectivity index (χ1v) is 3.34. The average Bonchev–Trinajstić information content (AvgIpc) is 1.88. The Hall–Kier alpha value is -0.440. The Kier molecular flexibility index (Phi) is 5.41. The monoisotopic (exact) mass is 130 g/mol. The molecule has 3 heteroatoms. The summed E-state index contributed by atoms with van der Waals surface area (Å²) in [5.41, 5.74) is 5.29. The zero-order valence-corrected chi connectivity index (χ0v) is 5.84. The number of hydrogen-bond acceptors (Lipinski definition) is 3. The Bertz CT molecular complexity index is 75.5. The van der Waals surface area contributed by atoms with Crippen LogP contribution >= 0.6 is 0 Å². The molecule has 3 nitrogen and oxygen atoms in total. The zero-order valence-electron chi connectivity index (χ0n) is 5.84. The van der Waals surface area contributed by atoms with Crippen molar-refractivity contribution in [3.63, 3.8) is 0 Å². The van der Waals surface area contributed by atoms with E-state index in [1.54, 1.807) is 0 Å². The van der Waals surface area contributed by atoms with Crippen molar-refractivity contribution in [2.75, 3.05) is 13.1 Å². The third-order valence-electron chi connectivity index (χ3n) is 1.48. The molecule has 54 valence electrons. The van der Waals surface area contributed by atoms with Gasteiger partial charge in [0.25, 0.3) is 0 Å². The van der Waals surface area contributed by atoms with Crippen molar-refractivity contribution in [2.45, 2.75) is 19.8 Å². The van der Waals surface area contributed by atoms with Crippen LogP contribution in [0.3, 0.4) is 0 Å². The highest BCUT2D eigenvalue weighted by atomic mass is 16.3. The lowest BCUT2D eigenvalue weighted by atomic mass is 10.0. The van der Waals surface area contributed by atoms with E-state index in [9.17, 15) is 4.91 Å². The van der Waals surface area contributed by atoms with Gasteiger partial charge in [-0.25, -0.2) is 0 Å². The molecule has 2 N–H and O–H groups in total. The van der Waals surface area contributed by atoms with Crippen molar-refractivity contribution in [3.05, 3.63) is 4.91 Å². The molecule has 9 heavy (non-hydrogen) atoms. The second-order valence-electron chi connectivity index (χ2n) is 2.16. The highest BCUT2D eigenvalue weighted by Gasteiger charge is 2.03. The maximum atomic E-state index is 9.76. The second-order valence-corrected chi connectivity index (χ2v) is 2.16. The molecule has 0 aliphatic rings. The molecule has 0 radical (unpaired) electrons. The molecule has 0 aliphatic heterocycles. The number of nitroso groups, excluding NO2 is 1. The summed E-state index contributed by atoms with van der Waals surface area (Å²) in [5, 5.41) is 2.82. The van der Waals surface area contributed by atoms with Gasteiger partial charge in [-0.3, -0.25) is 0 Å². The van der Waals surface area contributed by atoms with E-state index in [2.05, 4.69) is 5.18 Å². The van der Waals surface area contributed by atoms with Crippen LogP contribution in [0.2, 0.25) is 0 Å². The van der Waals surface area contributed by atoms with E-state index in [-0.39, 0.29) is 0 Å². The summed E-state index contributed by atoms with van der Waals surface area (Å²) in [6.45, 7) is 3.13. The molecule has 0 aliphatic carbocycles. The Morgan fingerprint density at radius 3 is 2.67 bits per heavy atom. The zero-order chi connectivity index (χ0) is 7.11. The van der Waals surface area contributed by atoms with Gasteiger partial charge in [0, 0.05) is 0 Å². The molecule has 1 unspecified atom stereocenters. The number of nitrogens with two attached hydrogens (primary N) is 1. The minimum absolute atomic E-state index is 0.410. The van der Waals surface area contributed by atoms with E-state index in [4.69, 9.17) is 5.73 Å². The smallest absolute Gasteiger partial charge is 0.0839 e. The molecule has 0 amide bonds. The lowest BCUT2D eigenvalue weighted by molar-refractivity contribution is 0.488. The van der Waals surface area contributed by atoms with Gasteiger partial charge < -0.3 is 5.73 Å². The largest absolute Gasteiger partial charge is 0.330 e. The summed E-state index contributed by atoms with van der Waals surface area (Å²) < 4.78 is 0. The molecule has 1 atom stereocenters. The van der Waals surface area contributed by atoms with Gasteiger partial charge in [0.05, 0.1) is 6.54 Å². The Balaban J connectivity index is 3.28. The molecule has 0 fully saturated rings.